The molecule has 0 aliphatic heterocycles. The highest BCUT2D eigenvalue weighted by Gasteiger charge is 2.28. The molecular weight excluding hydrogens is 569 g/mol. The second kappa shape index (κ2) is 15.3. The lowest BCUT2D eigenvalue weighted by Crippen LogP contribution is -2.36. The normalized spacial score (nSPS) is 12.2. The minimum atomic E-state index is -1.52. The molecule has 2 aromatic carbocycles. The van der Waals surface area contributed by atoms with E-state index >= 15 is 0 Å². The quantitative estimate of drug-likeness (QED) is 0.0719. The summed E-state index contributed by atoms with van der Waals surface area (Å²) >= 11 is 2.99. The van der Waals surface area contributed by atoms with Gasteiger partial charge in [0.25, 0.3) is 0 Å². The number of ether oxygens (including phenoxy) is 1. The van der Waals surface area contributed by atoms with Crippen molar-refractivity contribution in [3.05, 3.63) is 54.6 Å². The van der Waals surface area contributed by atoms with Gasteiger partial charge in [0.1, 0.15) is 15.6 Å². The van der Waals surface area contributed by atoms with Crippen molar-refractivity contribution in [1.82, 2.24) is 4.98 Å². The van der Waals surface area contributed by atoms with Crippen molar-refractivity contribution in [2.24, 2.45) is 20.5 Å². The van der Waals surface area contributed by atoms with Gasteiger partial charge in [0, 0.05) is 31.8 Å². The summed E-state index contributed by atoms with van der Waals surface area (Å²) in [5.74, 6) is 0.830. The Balaban J connectivity index is 1.26. The van der Waals surface area contributed by atoms with Gasteiger partial charge in [-0.3, -0.25) is 0 Å². The number of hydrogen-bond acceptors (Lipinski definition) is 10. The molecule has 0 aliphatic rings. The molecule has 2 aromatic heterocycles. The van der Waals surface area contributed by atoms with Crippen LogP contribution in [0.15, 0.2) is 75.1 Å². The van der Waals surface area contributed by atoms with E-state index in [1.165, 1.54) is 46.5 Å². The summed E-state index contributed by atoms with van der Waals surface area (Å²) in [5, 5.41) is 18.9. The summed E-state index contributed by atoms with van der Waals surface area (Å²) in [6.45, 7) is 14.5. The second-order valence-electron chi connectivity index (χ2n) is 9.63. The third-order valence-electron chi connectivity index (χ3n) is 7.29. The first-order valence-corrected chi connectivity index (χ1v) is 18.6. The number of thiophene rings is 1. The monoisotopic (exact) mass is 608 g/mol. The fourth-order valence-electron chi connectivity index (χ4n) is 4.53. The van der Waals surface area contributed by atoms with E-state index in [4.69, 9.17) is 9.16 Å². The maximum Gasteiger partial charge on any atom is 0.231 e. The lowest BCUT2D eigenvalue weighted by atomic mass is 10.2. The lowest BCUT2D eigenvalue weighted by Gasteiger charge is -2.27. The summed E-state index contributed by atoms with van der Waals surface area (Å²) < 4.78 is 13.2. The fraction of sp³-hybridized carbons (Fsp3) is 0.433. The third kappa shape index (κ3) is 8.51. The Morgan fingerprint density at radius 1 is 0.756 bits per heavy atom. The molecule has 0 radical (unpaired) electrons. The number of anilines is 1. The van der Waals surface area contributed by atoms with E-state index in [0.717, 1.165) is 57.8 Å². The Morgan fingerprint density at radius 3 is 2.00 bits per heavy atom. The van der Waals surface area contributed by atoms with Gasteiger partial charge in [0.05, 0.1) is 22.7 Å². The Morgan fingerprint density at radius 2 is 1.39 bits per heavy atom. The number of thiazole rings is 1. The first-order chi connectivity index (χ1) is 20.0. The Kier molecular flexibility index (Phi) is 11.5. The molecule has 0 saturated heterocycles. The van der Waals surface area contributed by atoms with E-state index in [0.29, 0.717) is 11.7 Å². The summed E-state index contributed by atoms with van der Waals surface area (Å²) in [7, 11) is -1.52. The van der Waals surface area contributed by atoms with Crippen LogP contribution in [0, 0.1) is 0 Å². The lowest BCUT2D eigenvalue weighted by molar-refractivity contribution is 0.238. The molecule has 0 spiro atoms. The number of fused-ring (bicyclic) bond motifs is 1. The minimum Gasteiger partial charge on any atom is -0.494 e. The average molecular weight is 609 g/mol. The summed E-state index contributed by atoms with van der Waals surface area (Å²) in [6, 6.07) is 21.3. The van der Waals surface area contributed by atoms with Gasteiger partial charge in [-0.1, -0.05) is 43.4 Å². The van der Waals surface area contributed by atoms with E-state index in [9.17, 15) is 0 Å². The molecule has 0 unspecified atom stereocenters. The van der Waals surface area contributed by atoms with Crippen molar-refractivity contribution in [2.75, 3.05) is 31.2 Å². The number of aromatic nitrogens is 1. The summed E-state index contributed by atoms with van der Waals surface area (Å²) in [5.41, 5.74) is 2.77. The van der Waals surface area contributed by atoms with Crippen molar-refractivity contribution >= 4 is 67.7 Å². The maximum atomic E-state index is 6.30. The molecule has 4 rings (SSSR count). The summed E-state index contributed by atoms with van der Waals surface area (Å²) in [6.07, 6.45) is 0.896. The number of hydrogen-bond donors (Lipinski definition) is 0. The van der Waals surface area contributed by atoms with Crippen LogP contribution in [-0.2, 0) is 4.43 Å². The van der Waals surface area contributed by atoms with Crippen LogP contribution in [0.4, 0.5) is 27.2 Å². The molecule has 0 amide bonds. The third-order valence-corrected chi connectivity index (χ3v) is 13.9. The van der Waals surface area contributed by atoms with E-state index in [2.05, 4.69) is 77.1 Å². The largest absolute Gasteiger partial charge is 0.494 e. The molecule has 0 aliphatic carbocycles. The molecule has 0 N–H and O–H groups in total. The highest BCUT2D eigenvalue weighted by molar-refractivity contribution is 7.30. The van der Waals surface area contributed by atoms with Gasteiger partial charge in [0.15, 0.2) is 8.32 Å². The van der Waals surface area contributed by atoms with Gasteiger partial charge in [-0.2, -0.15) is 0 Å². The number of nitrogens with zero attached hydrogens (tertiary/aromatic N) is 6. The Hall–Kier alpha value is -2.99. The minimum absolute atomic E-state index is 0.632. The Labute approximate surface area is 252 Å². The van der Waals surface area contributed by atoms with E-state index in [-0.39, 0.29) is 0 Å². The van der Waals surface area contributed by atoms with Crippen molar-refractivity contribution in [3.63, 3.8) is 0 Å². The molecule has 4 aromatic rings. The number of benzene rings is 2. The zero-order chi connectivity index (χ0) is 29.1. The fourth-order valence-corrected chi connectivity index (χ4v) is 9.07. The zero-order valence-electron chi connectivity index (χ0n) is 24.7. The maximum absolute atomic E-state index is 6.30. The van der Waals surface area contributed by atoms with Crippen LogP contribution in [0.3, 0.4) is 0 Å². The van der Waals surface area contributed by atoms with Crippen molar-refractivity contribution in [2.45, 2.75) is 59.2 Å². The molecule has 0 fully saturated rings. The number of rotatable bonds is 16. The van der Waals surface area contributed by atoms with Crippen LogP contribution in [-0.4, -0.2) is 39.6 Å². The molecule has 8 nitrogen and oxygen atoms in total. The van der Waals surface area contributed by atoms with Crippen molar-refractivity contribution in [3.8, 4) is 5.75 Å². The van der Waals surface area contributed by atoms with Gasteiger partial charge in [-0.25, -0.2) is 4.98 Å². The van der Waals surface area contributed by atoms with Crippen LogP contribution in [0.25, 0.3) is 9.53 Å². The molecule has 0 bridgehead atoms. The highest BCUT2D eigenvalue weighted by atomic mass is 32.1. The number of azo groups is 2. The van der Waals surface area contributed by atoms with Gasteiger partial charge in [-0.05, 0) is 86.6 Å². The molecule has 11 heteroatoms. The average Bonchev–Trinajstić information content (AvgIpc) is 3.58. The van der Waals surface area contributed by atoms with Crippen LogP contribution >= 0.6 is 22.7 Å². The van der Waals surface area contributed by atoms with Crippen LogP contribution in [0.2, 0.25) is 18.1 Å². The molecule has 218 valence electrons. The van der Waals surface area contributed by atoms with Gasteiger partial charge < -0.3 is 14.1 Å². The van der Waals surface area contributed by atoms with Crippen molar-refractivity contribution < 1.29 is 9.16 Å². The molecule has 0 saturated carbocycles. The standard InChI is InChI=1S/C30H40N6O2S2Si/c1-6-36(7-2)25-16-12-23(13-17-25)33-35-30-31-29-27(39-30)22-28(40-29)34-32-24-14-18-26(19-15-24)37-20-11-21-38-41(8-3,9-4)10-5/h12-19,22H,6-11,20-21H2,1-5H3. The molecule has 2 heterocycles. The highest BCUT2D eigenvalue weighted by Crippen LogP contribution is 2.39. The summed E-state index contributed by atoms with van der Waals surface area (Å²) in [4.78, 5) is 7.78. The van der Waals surface area contributed by atoms with Crippen molar-refractivity contribution in [1.29, 1.82) is 0 Å². The van der Waals surface area contributed by atoms with E-state index < -0.39 is 8.32 Å². The van der Waals surface area contributed by atoms with Gasteiger partial charge in [-0.15, -0.1) is 20.5 Å². The van der Waals surface area contributed by atoms with Crippen LogP contribution in [0.5, 0.6) is 5.75 Å². The van der Waals surface area contributed by atoms with Crippen LogP contribution < -0.4 is 9.64 Å². The SMILES string of the molecule is CCN(CC)c1ccc(N=Nc2nc3sc(N=Nc4ccc(OCCCO[Si](CC)(CC)CC)cc4)cc3s2)cc1. The van der Waals surface area contributed by atoms with Gasteiger partial charge in [0.2, 0.25) is 5.13 Å². The van der Waals surface area contributed by atoms with Gasteiger partial charge >= 0.3 is 0 Å². The van der Waals surface area contributed by atoms with Crippen LogP contribution in [0.1, 0.15) is 41.0 Å². The predicted molar refractivity (Wildman–Crippen MR) is 176 cm³/mol. The van der Waals surface area contributed by atoms with E-state index in [1.54, 1.807) is 0 Å². The first kappa shape index (κ1) is 31.0. The molecule has 0 atom stereocenters. The smallest absolute Gasteiger partial charge is 0.231 e. The zero-order valence-corrected chi connectivity index (χ0v) is 27.3. The first-order valence-electron chi connectivity index (χ1n) is 14.5. The Bertz CT molecular complexity index is 1370. The molecule has 41 heavy (non-hydrogen) atoms. The van der Waals surface area contributed by atoms with E-state index in [1.807, 2.05) is 42.5 Å². The molecular formula is C30H40N6O2S2Si. The predicted octanol–water partition coefficient (Wildman–Crippen LogP) is 10.8. The topological polar surface area (TPSA) is 84.0 Å². The second-order valence-corrected chi connectivity index (χ2v) is 16.4.